The molecule has 0 radical (unpaired) electrons. The number of nitriles is 1. The monoisotopic (exact) mass is 306 g/mol. The Morgan fingerprint density at radius 3 is 2.83 bits per heavy atom. The topological polar surface area (TPSA) is 45.8 Å². The fourth-order valence-electron chi connectivity index (χ4n) is 1.58. The zero-order chi connectivity index (χ0) is 13.1. The first-order chi connectivity index (χ1) is 8.60. The maximum atomic E-state index is 13.2. The Bertz CT molecular complexity index is 688. The Balaban J connectivity index is 2.38. The summed E-state index contributed by atoms with van der Waals surface area (Å²) in [5.41, 5.74) is 0.532. The van der Waals surface area contributed by atoms with E-state index in [1.807, 2.05) is 0 Å². The summed E-state index contributed by atoms with van der Waals surface area (Å²) < 4.78 is 15.4. The molecule has 0 aliphatic carbocycles. The van der Waals surface area contributed by atoms with Crippen LogP contribution >= 0.6 is 15.9 Å². The van der Waals surface area contributed by atoms with Crippen LogP contribution in [0.2, 0.25) is 0 Å². The van der Waals surface area contributed by atoms with Gasteiger partial charge in [-0.2, -0.15) is 5.26 Å². The molecule has 0 unspecified atom stereocenters. The van der Waals surface area contributed by atoms with Crippen molar-refractivity contribution in [3.05, 3.63) is 68.3 Å². The van der Waals surface area contributed by atoms with Crippen LogP contribution < -0.4 is 5.56 Å². The van der Waals surface area contributed by atoms with Crippen molar-refractivity contribution in [2.45, 2.75) is 6.54 Å². The lowest BCUT2D eigenvalue weighted by Crippen LogP contribution is -2.18. The van der Waals surface area contributed by atoms with Gasteiger partial charge in [0.2, 0.25) is 0 Å². The molecule has 0 aliphatic heterocycles. The van der Waals surface area contributed by atoms with Crippen molar-refractivity contribution < 1.29 is 4.39 Å². The Hall–Kier alpha value is -1.93. The minimum absolute atomic E-state index is 0.0180. The molecule has 0 fully saturated rings. The molecule has 0 aliphatic rings. The number of hydrogen-bond acceptors (Lipinski definition) is 2. The van der Waals surface area contributed by atoms with E-state index in [1.165, 1.54) is 22.8 Å². The molecule has 0 saturated heterocycles. The third kappa shape index (κ3) is 2.66. The predicted molar refractivity (Wildman–Crippen MR) is 68.6 cm³/mol. The van der Waals surface area contributed by atoms with Gasteiger partial charge in [-0.1, -0.05) is 6.07 Å². The maximum Gasteiger partial charge on any atom is 0.250 e. The molecule has 0 N–H and O–H groups in total. The van der Waals surface area contributed by atoms with E-state index in [0.717, 1.165) is 4.47 Å². The second-order valence-corrected chi connectivity index (χ2v) is 4.66. The summed E-state index contributed by atoms with van der Waals surface area (Å²) in [4.78, 5) is 11.6. The summed E-state index contributed by atoms with van der Waals surface area (Å²) in [7, 11) is 0. The highest BCUT2D eigenvalue weighted by Gasteiger charge is 2.04. The molecule has 0 bridgehead atoms. The molecular formula is C13H8BrFN2O. The molecule has 0 amide bonds. The van der Waals surface area contributed by atoms with Crippen LogP contribution in [-0.2, 0) is 6.54 Å². The third-order valence-electron chi connectivity index (χ3n) is 2.45. The Kier molecular flexibility index (Phi) is 3.58. The highest BCUT2D eigenvalue weighted by molar-refractivity contribution is 9.10. The van der Waals surface area contributed by atoms with E-state index in [0.29, 0.717) is 12.1 Å². The van der Waals surface area contributed by atoms with E-state index in [1.54, 1.807) is 24.4 Å². The van der Waals surface area contributed by atoms with Crippen molar-refractivity contribution in [1.82, 2.24) is 4.57 Å². The molecule has 1 aromatic heterocycles. The van der Waals surface area contributed by atoms with Gasteiger partial charge in [-0.3, -0.25) is 4.79 Å². The van der Waals surface area contributed by atoms with E-state index in [-0.39, 0.29) is 11.1 Å². The molecule has 2 rings (SSSR count). The molecule has 18 heavy (non-hydrogen) atoms. The zero-order valence-electron chi connectivity index (χ0n) is 9.23. The SMILES string of the molecule is N#Cc1cc(Cn2cc(Br)ccc2=O)ccc1F. The number of nitrogens with zero attached hydrogens (tertiary/aromatic N) is 2. The highest BCUT2D eigenvalue weighted by atomic mass is 79.9. The van der Waals surface area contributed by atoms with Crippen LogP contribution in [0, 0.1) is 17.1 Å². The lowest BCUT2D eigenvalue weighted by Gasteiger charge is -2.06. The average Bonchev–Trinajstić information content (AvgIpc) is 2.36. The molecule has 0 spiro atoms. The van der Waals surface area contributed by atoms with Crippen LogP contribution in [0.4, 0.5) is 4.39 Å². The number of benzene rings is 1. The summed E-state index contributed by atoms with van der Waals surface area (Å²) in [6, 6.07) is 9.12. The number of rotatable bonds is 2. The molecule has 5 heteroatoms. The van der Waals surface area contributed by atoms with E-state index >= 15 is 0 Å². The van der Waals surface area contributed by atoms with E-state index < -0.39 is 5.82 Å². The van der Waals surface area contributed by atoms with Crippen molar-refractivity contribution >= 4 is 15.9 Å². The Morgan fingerprint density at radius 2 is 2.11 bits per heavy atom. The summed E-state index contributed by atoms with van der Waals surface area (Å²) in [6.45, 7) is 0.299. The van der Waals surface area contributed by atoms with Gasteiger partial charge in [0.1, 0.15) is 11.9 Å². The first-order valence-electron chi connectivity index (χ1n) is 5.14. The number of pyridine rings is 1. The lowest BCUT2D eigenvalue weighted by atomic mass is 10.1. The molecular weight excluding hydrogens is 299 g/mol. The molecule has 0 atom stereocenters. The van der Waals surface area contributed by atoms with Crippen LogP contribution in [0.15, 0.2) is 45.8 Å². The van der Waals surface area contributed by atoms with Gasteiger partial charge in [0.15, 0.2) is 0 Å². The van der Waals surface area contributed by atoms with Gasteiger partial charge in [0.05, 0.1) is 12.1 Å². The van der Waals surface area contributed by atoms with Crippen molar-refractivity contribution in [2.75, 3.05) is 0 Å². The fourth-order valence-corrected chi connectivity index (χ4v) is 1.96. The van der Waals surface area contributed by atoms with Gasteiger partial charge in [0.25, 0.3) is 5.56 Å². The van der Waals surface area contributed by atoms with Crippen LogP contribution in [0.5, 0.6) is 0 Å². The van der Waals surface area contributed by atoms with E-state index in [4.69, 9.17) is 5.26 Å². The molecule has 2 aromatic rings. The first-order valence-corrected chi connectivity index (χ1v) is 5.94. The maximum absolute atomic E-state index is 13.2. The second-order valence-electron chi connectivity index (χ2n) is 3.74. The van der Waals surface area contributed by atoms with Crippen LogP contribution in [0.1, 0.15) is 11.1 Å². The van der Waals surface area contributed by atoms with Crippen molar-refractivity contribution in [3.8, 4) is 6.07 Å². The van der Waals surface area contributed by atoms with Gasteiger partial charge in [0, 0.05) is 16.7 Å². The van der Waals surface area contributed by atoms with Crippen LogP contribution in [0.3, 0.4) is 0 Å². The third-order valence-corrected chi connectivity index (χ3v) is 2.92. The van der Waals surface area contributed by atoms with Gasteiger partial charge < -0.3 is 4.57 Å². The minimum atomic E-state index is -0.553. The molecule has 3 nitrogen and oxygen atoms in total. The molecule has 0 saturated carbocycles. The van der Waals surface area contributed by atoms with Gasteiger partial charge in [-0.25, -0.2) is 4.39 Å². The number of aromatic nitrogens is 1. The van der Waals surface area contributed by atoms with Gasteiger partial charge >= 0.3 is 0 Å². The lowest BCUT2D eigenvalue weighted by molar-refractivity contribution is 0.622. The van der Waals surface area contributed by atoms with Crippen molar-refractivity contribution in [2.24, 2.45) is 0 Å². The quantitative estimate of drug-likeness (QED) is 0.856. The standard InChI is InChI=1S/C13H8BrFN2O/c14-11-2-4-13(18)17(8-11)7-9-1-3-12(15)10(5-9)6-16/h1-5,8H,7H2. The summed E-state index contributed by atoms with van der Waals surface area (Å²) in [5, 5.41) is 8.74. The normalized spacial score (nSPS) is 10.1. The highest BCUT2D eigenvalue weighted by Crippen LogP contribution is 2.11. The Morgan fingerprint density at radius 1 is 1.33 bits per heavy atom. The fraction of sp³-hybridized carbons (Fsp3) is 0.0769. The second kappa shape index (κ2) is 5.15. The molecule has 1 heterocycles. The molecule has 90 valence electrons. The summed E-state index contributed by atoms with van der Waals surface area (Å²) >= 11 is 3.28. The average molecular weight is 307 g/mol. The van der Waals surface area contributed by atoms with E-state index in [9.17, 15) is 9.18 Å². The van der Waals surface area contributed by atoms with Gasteiger partial charge in [-0.05, 0) is 39.7 Å². The van der Waals surface area contributed by atoms with E-state index in [2.05, 4.69) is 15.9 Å². The Labute approximate surface area is 111 Å². The van der Waals surface area contributed by atoms with Crippen LogP contribution in [0.25, 0.3) is 0 Å². The number of hydrogen-bond donors (Lipinski definition) is 0. The summed E-state index contributed by atoms with van der Waals surface area (Å²) in [6.07, 6.45) is 1.65. The minimum Gasteiger partial charge on any atom is -0.310 e. The predicted octanol–water partition coefficient (Wildman–Crippen LogP) is 2.67. The van der Waals surface area contributed by atoms with Crippen LogP contribution in [-0.4, -0.2) is 4.57 Å². The summed E-state index contributed by atoms with van der Waals surface area (Å²) in [5.74, 6) is -0.553. The van der Waals surface area contributed by atoms with Crippen molar-refractivity contribution in [3.63, 3.8) is 0 Å². The van der Waals surface area contributed by atoms with Gasteiger partial charge in [-0.15, -0.1) is 0 Å². The molecule has 1 aromatic carbocycles. The number of halogens is 2. The first kappa shape index (κ1) is 12.5. The largest absolute Gasteiger partial charge is 0.310 e. The zero-order valence-corrected chi connectivity index (χ0v) is 10.8. The van der Waals surface area contributed by atoms with Crippen molar-refractivity contribution in [1.29, 1.82) is 5.26 Å². The smallest absolute Gasteiger partial charge is 0.250 e.